The van der Waals surface area contributed by atoms with E-state index >= 15 is 0 Å². The Bertz CT molecular complexity index is 825. The van der Waals surface area contributed by atoms with E-state index in [1.165, 1.54) is 0 Å². The van der Waals surface area contributed by atoms with Gasteiger partial charge in [0, 0.05) is 17.3 Å². The topological polar surface area (TPSA) is 92.8 Å². The van der Waals surface area contributed by atoms with Gasteiger partial charge in [0.05, 0.1) is 18.3 Å². The quantitative estimate of drug-likeness (QED) is 0.446. The molecule has 0 spiro atoms. The van der Waals surface area contributed by atoms with Gasteiger partial charge < -0.3 is 10.1 Å². The highest BCUT2D eigenvalue weighted by Crippen LogP contribution is 2.35. The number of rotatable bonds is 6. The molecule has 0 aromatic heterocycles. The van der Waals surface area contributed by atoms with Gasteiger partial charge in [0.2, 0.25) is 11.8 Å². The van der Waals surface area contributed by atoms with Crippen LogP contribution in [0.2, 0.25) is 5.02 Å². The van der Waals surface area contributed by atoms with E-state index in [0.717, 1.165) is 10.5 Å². The van der Waals surface area contributed by atoms with Gasteiger partial charge in [0.15, 0.2) is 6.61 Å². The molecule has 3 amide bonds. The molecule has 1 aliphatic carbocycles. The third kappa shape index (κ3) is 4.42. The predicted octanol–water partition coefficient (Wildman–Crippen LogP) is 2.47. The van der Waals surface area contributed by atoms with Crippen LogP contribution in [0, 0.1) is 18.8 Å². The fourth-order valence-electron chi connectivity index (χ4n) is 3.38. The van der Waals surface area contributed by atoms with Gasteiger partial charge in [-0.3, -0.25) is 24.1 Å². The summed E-state index contributed by atoms with van der Waals surface area (Å²) in [6, 6.07) is 5.07. The van der Waals surface area contributed by atoms with Crippen molar-refractivity contribution in [1.29, 1.82) is 0 Å². The van der Waals surface area contributed by atoms with Crippen molar-refractivity contribution in [3.05, 3.63) is 40.9 Å². The zero-order chi connectivity index (χ0) is 20.3. The Morgan fingerprint density at radius 3 is 2.43 bits per heavy atom. The molecule has 2 aliphatic rings. The van der Waals surface area contributed by atoms with Gasteiger partial charge in [-0.05, 0) is 37.5 Å². The van der Waals surface area contributed by atoms with Crippen molar-refractivity contribution in [3.63, 3.8) is 0 Å². The van der Waals surface area contributed by atoms with Crippen LogP contribution >= 0.6 is 11.6 Å². The lowest BCUT2D eigenvalue weighted by atomic mass is 9.85. The molecule has 0 unspecified atom stereocenters. The van der Waals surface area contributed by atoms with Crippen LogP contribution in [0.25, 0.3) is 0 Å². The summed E-state index contributed by atoms with van der Waals surface area (Å²) in [7, 11) is 0. The molecule has 1 saturated heterocycles. The second kappa shape index (κ2) is 8.56. The van der Waals surface area contributed by atoms with Gasteiger partial charge in [0.1, 0.15) is 0 Å². The largest absolute Gasteiger partial charge is 0.456 e. The first-order chi connectivity index (χ1) is 13.4. The van der Waals surface area contributed by atoms with Gasteiger partial charge in [-0.2, -0.15) is 0 Å². The molecule has 1 fully saturated rings. The molecule has 1 N–H and O–H groups in total. The van der Waals surface area contributed by atoms with E-state index in [2.05, 4.69) is 5.32 Å². The maximum atomic E-state index is 12.3. The Morgan fingerprint density at radius 2 is 1.82 bits per heavy atom. The lowest BCUT2D eigenvalue weighted by Gasteiger charge is -2.14. The van der Waals surface area contributed by atoms with Gasteiger partial charge in [-0.25, -0.2) is 0 Å². The minimum atomic E-state index is -0.648. The van der Waals surface area contributed by atoms with Gasteiger partial charge in [-0.15, -0.1) is 0 Å². The summed E-state index contributed by atoms with van der Waals surface area (Å²) in [5.74, 6) is -2.26. The summed E-state index contributed by atoms with van der Waals surface area (Å²) in [5.41, 5.74) is 1.38. The number of ether oxygens (including phenoxy) is 1. The van der Waals surface area contributed by atoms with E-state index in [0.29, 0.717) is 23.6 Å². The summed E-state index contributed by atoms with van der Waals surface area (Å²) in [5, 5.41) is 3.10. The number of halogens is 1. The first-order valence-corrected chi connectivity index (χ1v) is 9.46. The van der Waals surface area contributed by atoms with Crippen LogP contribution in [0.5, 0.6) is 0 Å². The predicted molar refractivity (Wildman–Crippen MR) is 102 cm³/mol. The molecule has 1 aromatic rings. The summed E-state index contributed by atoms with van der Waals surface area (Å²) < 4.78 is 4.93. The van der Waals surface area contributed by atoms with Crippen LogP contribution in [-0.4, -0.2) is 41.7 Å². The molecule has 1 aliphatic heterocycles. The summed E-state index contributed by atoms with van der Waals surface area (Å²) >= 11 is 6.00. The fraction of sp³-hybridized carbons (Fsp3) is 0.400. The van der Waals surface area contributed by atoms with E-state index in [-0.39, 0.29) is 36.6 Å². The van der Waals surface area contributed by atoms with Crippen molar-refractivity contribution in [2.75, 3.05) is 18.5 Å². The maximum Gasteiger partial charge on any atom is 0.308 e. The average molecular weight is 405 g/mol. The number of carbonyl (C=O) groups is 4. The Balaban J connectivity index is 1.43. The number of anilines is 1. The lowest BCUT2D eigenvalue weighted by molar-refractivity contribution is -0.148. The molecular weight excluding hydrogens is 384 g/mol. The van der Waals surface area contributed by atoms with Crippen molar-refractivity contribution in [3.8, 4) is 0 Å². The van der Waals surface area contributed by atoms with Gasteiger partial charge in [-0.1, -0.05) is 29.8 Å². The molecule has 1 heterocycles. The minimum absolute atomic E-state index is 0.0291. The molecule has 3 rings (SSSR count). The van der Waals surface area contributed by atoms with Crippen LogP contribution in [0.4, 0.5) is 5.69 Å². The smallest absolute Gasteiger partial charge is 0.308 e. The number of nitrogens with one attached hydrogen (secondary N) is 1. The van der Waals surface area contributed by atoms with Crippen LogP contribution < -0.4 is 5.32 Å². The number of amides is 3. The van der Waals surface area contributed by atoms with E-state index in [4.69, 9.17) is 16.3 Å². The number of benzene rings is 1. The molecule has 28 heavy (non-hydrogen) atoms. The number of carbonyl (C=O) groups excluding carboxylic acids is 4. The maximum absolute atomic E-state index is 12.3. The van der Waals surface area contributed by atoms with Crippen LogP contribution in [0.3, 0.4) is 0 Å². The number of allylic oxidation sites excluding steroid dienone is 2. The number of fused-ring (bicyclic) bond motifs is 1. The van der Waals surface area contributed by atoms with Crippen molar-refractivity contribution in [1.82, 2.24) is 4.90 Å². The van der Waals surface area contributed by atoms with Crippen molar-refractivity contribution in [2.45, 2.75) is 26.2 Å². The van der Waals surface area contributed by atoms with Crippen LogP contribution in [0.1, 0.15) is 24.8 Å². The molecule has 2 atom stereocenters. The van der Waals surface area contributed by atoms with E-state index in [1.807, 2.05) is 19.1 Å². The average Bonchev–Trinajstić information content (AvgIpc) is 2.92. The zero-order valence-electron chi connectivity index (χ0n) is 15.4. The number of hydrogen-bond donors (Lipinski definition) is 1. The van der Waals surface area contributed by atoms with Crippen LogP contribution in [0.15, 0.2) is 30.4 Å². The number of hydrogen-bond acceptors (Lipinski definition) is 5. The number of aryl methyl sites for hydroxylation is 1. The second-order valence-electron chi connectivity index (χ2n) is 6.91. The molecule has 148 valence electrons. The third-order valence-corrected chi connectivity index (χ3v) is 5.37. The summed E-state index contributed by atoms with van der Waals surface area (Å²) in [6.07, 6.45) is 4.78. The Labute approximate surface area is 167 Å². The standard InChI is InChI=1S/C20H21ClN2O5/c1-12-6-7-13(10-16(12)21)22-17(24)11-28-18(25)8-9-23-19(26)14-4-2-3-5-15(14)20(23)27/h2-3,6-7,10,14-15H,4-5,8-9,11H2,1H3,(H,22,24)/t14-,15-/m1/s1. The first kappa shape index (κ1) is 20.1. The van der Waals surface area contributed by atoms with E-state index in [1.54, 1.807) is 18.2 Å². The SMILES string of the molecule is Cc1ccc(NC(=O)COC(=O)CCN2C(=O)[C@@H]3CC=CC[C@H]3C2=O)cc1Cl. The monoisotopic (exact) mass is 404 g/mol. The third-order valence-electron chi connectivity index (χ3n) is 4.96. The molecule has 0 saturated carbocycles. The number of nitrogens with zero attached hydrogens (tertiary/aromatic N) is 1. The minimum Gasteiger partial charge on any atom is -0.456 e. The van der Waals surface area contributed by atoms with Crippen molar-refractivity contribution < 1.29 is 23.9 Å². The van der Waals surface area contributed by atoms with E-state index < -0.39 is 18.5 Å². The highest BCUT2D eigenvalue weighted by molar-refractivity contribution is 6.31. The van der Waals surface area contributed by atoms with Crippen LogP contribution in [-0.2, 0) is 23.9 Å². The number of imide groups is 1. The Hall–Kier alpha value is -2.67. The first-order valence-electron chi connectivity index (χ1n) is 9.08. The molecule has 7 nitrogen and oxygen atoms in total. The molecular formula is C20H21ClN2O5. The molecule has 8 heteroatoms. The fourth-order valence-corrected chi connectivity index (χ4v) is 3.56. The zero-order valence-corrected chi connectivity index (χ0v) is 16.2. The second-order valence-corrected chi connectivity index (χ2v) is 7.31. The van der Waals surface area contributed by atoms with Gasteiger partial charge in [0.25, 0.3) is 5.91 Å². The number of esters is 1. The lowest BCUT2D eigenvalue weighted by Crippen LogP contribution is -2.33. The molecule has 1 aromatic carbocycles. The van der Waals surface area contributed by atoms with Crippen molar-refractivity contribution in [2.24, 2.45) is 11.8 Å². The summed E-state index contributed by atoms with van der Waals surface area (Å²) in [6.45, 7) is 1.36. The Morgan fingerprint density at radius 1 is 1.18 bits per heavy atom. The summed E-state index contributed by atoms with van der Waals surface area (Å²) in [4.78, 5) is 49.6. The Kier molecular flexibility index (Phi) is 6.14. The molecule has 0 radical (unpaired) electrons. The van der Waals surface area contributed by atoms with E-state index in [9.17, 15) is 19.2 Å². The normalized spacial score (nSPS) is 20.9. The van der Waals surface area contributed by atoms with Crippen molar-refractivity contribution >= 4 is 41.0 Å². The highest BCUT2D eigenvalue weighted by Gasteiger charge is 2.46. The highest BCUT2D eigenvalue weighted by atomic mass is 35.5. The van der Waals surface area contributed by atoms with Gasteiger partial charge >= 0.3 is 5.97 Å². The molecule has 0 bridgehead atoms. The number of likely N-dealkylation sites (tertiary alicyclic amines) is 1.